The molecule has 1 heterocycles. The second-order valence-corrected chi connectivity index (χ2v) is 5.48. The average molecular weight is 256 g/mol. The van der Waals surface area contributed by atoms with Gasteiger partial charge in [-0.1, -0.05) is 6.42 Å². The summed E-state index contributed by atoms with van der Waals surface area (Å²) in [5.74, 6) is 0.333. The maximum atomic E-state index is 12.0. The first-order chi connectivity index (χ1) is 8.72. The monoisotopic (exact) mass is 256 g/mol. The van der Waals surface area contributed by atoms with Crippen molar-refractivity contribution in [2.75, 3.05) is 13.2 Å². The van der Waals surface area contributed by atoms with Crippen LogP contribution in [-0.2, 0) is 9.53 Å². The third-order valence-corrected chi connectivity index (χ3v) is 4.05. The molecule has 0 aromatic heterocycles. The molecule has 1 saturated carbocycles. The highest BCUT2D eigenvalue weighted by atomic mass is 16.5. The molecule has 2 aliphatic rings. The first-order valence-electron chi connectivity index (χ1n) is 6.99. The Balaban J connectivity index is 1.77. The topological polar surface area (TPSA) is 84.6 Å². The predicted octanol–water partition coefficient (Wildman–Crippen LogP) is 0.160. The first kappa shape index (κ1) is 13.8. The van der Waals surface area contributed by atoms with Crippen molar-refractivity contribution in [2.45, 2.75) is 56.8 Å². The lowest BCUT2D eigenvalue weighted by molar-refractivity contribution is -0.132. The molecule has 4 atom stereocenters. The molecule has 1 aliphatic carbocycles. The van der Waals surface area contributed by atoms with Crippen molar-refractivity contribution in [2.24, 2.45) is 11.7 Å². The second kappa shape index (κ2) is 6.50. The Morgan fingerprint density at radius 1 is 1.33 bits per heavy atom. The molecule has 1 amide bonds. The molecule has 0 aromatic carbocycles. The number of carbonyl (C=O) groups is 1. The van der Waals surface area contributed by atoms with Gasteiger partial charge < -0.3 is 20.9 Å². The summed E-state index contributed by atoms with van der Waals surface area (Å²) in [5, 5.41) is 12.2. The van der Waals surface area contributed by atoms with Crippen LogP contribution in [0.3, 0.4) is 0 Å². The van der Waals surface area contributed by atoms with Gasteiger partial charge in [0, 0.05) is 19.2 Å². The molecule has 5 heteroatoms. The highest BCUT2D eigenvalue weighted by Gasteiger charge is 2.32. The van der Waals surface area contributed by atoms with Crippen molar-refractivity contribution in [3.8, 4) is 0 Å². The van der Waals surface area contributed by atoms with Crippen LogP contribution >= 0.6 is 0 Å². The number of hydrogen-bond acceptors (Lipinski definition) is 4. The zero-order valence-corrected chi connectivity index (χ0v) is 10.8. The molecule has 0 spiro atoms. The van der Waals surface area contributed by atoms with Crippen molar-refractivity contribution >= 4 is 5.91 Å². The molecular weight excluding hydrogens is 232 g/mol. The third-order valence-electron chi connectivity index (χ3n) is 4.05. The van der Waals surface area contributed by atoms with E-state index in [0.717, 1.165) is 38.5 Å². The van der Waals surface area contributed by atoms with E-state index in [4.69, 9.17) is 15.6 Å². The first-order valence-corrected chi connectivity index (χ1v) is 6.99. The fraction of sp³-hybridized carbons (Fsp3) is 0.923. The summed E-state index contributed by atoms with van der Waals surface area (Å²) in [6.45, 7) is 0.710. The molecule has 1 aliphatic heterocycles. The van der Waals surface area contributed by atoms with E-state index < -0.39 is 0 Å². The van der Waals surface area contributed by atoms with Gasteiger partial charge in [-0.2, -0.15) is 0 Å². The second-order valence-electron chi connectivity index (χ2n) is 5.48. The maximum Gasteiger partial charge on any atom is 0.249 e. The van der Waals surface area contributed by atoms with Gasteiger partial charge in [0.05, 0.1) is 6.10 Å². The molecule has 0 bridgehead atoms. The van der Waals surface area contributed by atoms with E-state index in [1.54, 1.807) is 0 Å². The van der Waals surface area contributed by atoms with Gasteiger partial charge in [-0.15, -0.1) is 0 Å². The number of aliphatic hydroxyl groups excluding tert-OH is 1. The Morgan fingerprint density at radius 3 is 2.83 bits per heavy atom. The lowest BCUT2D eigenvalue weighted by Crippen LogP contribution is -2.44. The zero-order valence-electron chi connectivity index (χ0n) is 10.8. The van der Waals surface area contributed by atoms with E-state index in [1.165, 1.54) is 0 Å². The Labute approximate surface area is 108 Å². The molecular formula is C13H24N2O3. The minimum atomic E-state index is -0.326. The summed E-state index contributed by atoms with van der Waals surface area (Å²) in [7, 11) is 0. The number of ether oxygens (including phenoxy) is 1. The fourth-order valence-corrected chi connectivity index (χ4v) is 2.95. The molecule has 1 saturated heterocycles. The van der Waals surface area contributed by atoms with E-state index in [9.17, 15) is 4.79 Å². The quantitative estimate of drug-likeness (QED) is 0.669. The van der Waals surface area contributed by atoms with Gasteiger partial charge in [0.1, 0.15) is 6.10 Å². The number of hydrogen-bond donors (Lipinski definition) is 3. The Morgan fingerprint density at radius 2 is 2.17 bits per heavy atom. The van der Waals surface area contributed by atoms with Crippen LogP contribution in [0.4, 0.5) is 0 Å². The minimum absolute atomic E-state index is 0.00506. The summed E-state index contributed by atoms with van der Waals surface area (Å²) in [6.07, 6.45) is 5.39. The van der Waals surface area contributed by atoms with Crippen LogP contribution in [0.15, 0.2) is 0 Å². The van der Waals surface area contributed by atoms with Crippen LogP contribution in [0.5, 0.6) is 0 Å². The number of amides is 1. The van der Waals surface area contributed by atoms with Crippen LogP contribution in [0.25, 0.3) is 0 Å². The van der Waals surface area contributed by atoms with Crippen LogP contribution in [0, 0.1) is 5.92 Å². The smallest absolute Gasteiger partial charge is 0.249 e. The molecule has 2 fully saturated rings. The Hall–Kier alpha value is -0.650. The standard InChI is InChI=1S/C13H24N2O3/c14-7-11-4-5-12(18-11)13(17)15-10-3-1-2-9(6-10)8-16/h9-12,16H,1-8,14H2,(H,15,17). The normalized spacial score (nSPS) is 36.6. The number of nitrogens with one attached hydrogen (secondary N) is 1. The van der Waals surface area contributed by atoms with Gasteiger partial charge in [0.15, 0.2) is 0 Å². The average Bonchev–Trinajstić information content (AvgIpc) is 2.88. The van der Waals surface area contributed by atoms with Gasteiger partial charge in [0.25, 0.3) is 0 Å². The van der Waals surface area contributed by atoms with E-state index in [2.05, 4.69) is 5.32 Å². The number of carbonyl (C=O) groups excluding carboxylic acids is 1. The minimum Gasteiger partial charge on any atom is -0.396 e. The Bertz CT molecular complexity index is 285. The summed E-state index contributed by atoms with van der Waals surface area (Å²) < 4.78 is 5.58. The van der Waals surface area contributed by atoms with Gasteiger partial charge in [-0.05, 0) is 38.0 Å². The molecule has 4 unspecified atom stereocenters. The lowest BCUT2D eigenvalue weighted by atomic mass is 9.86. The van der Waals surface area contributed by atoms with E-state index in [1.807, 2.05) is 0 Å². The van der Waals surface area contributed by atoms with Gasteiger partial charge in [-0.3, -0.25) is 4.79 Å². The molecule has 5 nitrogen and oxygen atoms in total. The third kappa shape index (κ3) is 3.43. The Kier molecular flexibility index (Phi) is 4.97. The van der Waals surface area contributed by atoms with Gasteiger partial charge in [-0.25, -0.2) is 0 Å². The number of rotatable bonds is 4. The summed E-state index contributed by atoms with van der Waals surface area (Å²) >= 11 is 0. The van der Waals surface area contributed by atoms with E-state index in [-0.39, 0.29) is 30.8 Å². The SMILES string of the molecule is NCC1CCC(C(=O)NC2CCCC(CO)C2)O1. The number of aliphatic hydroxyl groups is 1. The maximum absolute atomic E-state index is 12.0. The van der Waals surface area contributed by atoms with Gasteiger partial charge >= 0.3 is 0 Å². The summed E-state index contributed by atoms with van der Waals surface area (Å²) in [6, 6.07) is 0.198. The molecule has 2 rings (SSSR count). The summed E-state index contributed by atoms with van der Waals surface area (Å²) in [4.78, 5) is 12.0. The zero-order chi connectivity index (χ0) is 13.0. The highest BCUT2D eigenvalue weighted by molar-refractivity contribution is 5.81. The van der Waals surface area contributed by atoms with Crippen molar-refractivity contribution in [3.05, 3.63) is 0 Å². The van der Waals surface area contributed by atoms with Crippen molar-refractivity contribution in [3.63, 3.8) is 0 Å². The molecule has 4 N–H and O–H groups in total. The summed E-state index contributed by atoms with van der Waals surface area (Å²) in [5.41, 5.74) is 5.53. The predicted molar refractivity (Wildman–Crippen MR) is 67.9 cm³/mol. The van der Waals surface area contributed by atoms with E-state index in [0.29, 0.717) is 12.5 Å². The lowest BCUT2D eigenvalue weighted by Gasteiger charge is -2.29. The van der Waals surface area contributed by atoms with Crippen molar-refractivity contribution < 1.29 is 14.6 Å². The molecule has 0 radical (unpaired) electrons. The van der Waals surface area contributed by atoms with Crippen molar-refractivity contribution in [1.82, 2.24) is 5.32 Å². The molecule has 104 valence electrons. The van der Waals surface area contributed by atoms with Gasteiger partial charge in [0.2, 0.25) is 5.91 Å². The van der Waals surface area contributed by atoms with Crippen LogP contribution in [0.2, 0.25) is 0 Å². The van der Waals surface area contributed by atoms with Crippen LogP contribution < -0.4 is 11.1 Å². The molecule has 0 aromatic rings. The largest absolute Gasteiger partial charge is 0.396 e. The van der Waals surface area contributed by atoms with Crippen molar-refractivity contribution in [1.29, 1.82) is 0 Å². The molecule has 18 heavy (non-hydrogen) atoms. The highest BCUT2D eigenvalue weighted by Crippen LogP contribution is 2.25. The fourth-order valence-electron chi connectivity index (χ4n) is 2.95. The van der Waals surface area contributed by atoms with Crippen LogP contribution in [0.1, 0.15) is 38.5 Å². The van der Waals surface area contributed by atoms with E-state index >= 15 is 0 Å². The van der Waals surface area contributed by atoms with Crippen LogP contribution in [-0.4, -0.2) is 42.4 Å². The number of nitrogens with two attached hydrogens (primary N) is 1.